The smallest absolute Gasteiger partial charge is 0.410 e. The van der Waals surface area contributed by atoms with E-state index in [2.05, 4.69) is 6.07 Å². The molecule has 0 aliphatic carbocycles. The van der Waals surface area contributed by atoms with Crippen molar-refractivity contribution >= 4 is 17.7 Å². The van der Waals surface area contributed by atoms with E-state index in [0.29, 0.717) is 12.5 Å². The van der Waals surface area contributed by atoms with Gasteiger partial charge in [-0.2, -0.15) is 0 Å². The fraction of sp³-hybridized carbons (Fsp3) is 0.533. The molecule has 0 saturated carbocycles. The monoisotopic (exact) mass is 281 g/mol. The van der Waals surface area contributed by atoms with Crippen LogP contribution in [0.4, 0.5) is 4.79 Å². The van der Waals surface area contributed by atoms with E-state index in [9.17, 15) is 4.79 Å². The van der Waals surface area contributed by atoms with Crippen molar-refractivity contribution in [2.45, 2.75) is 38.7 Å². The standard InChI is InChI=1S/C15H20ClNO2/c1-15(2,3)19-14(18)17-8-7-12(10-17)11-5-4-6-13(16)9-11/h4-6,9,12H,7-8,10H2,1-3H3. The number of carbonyl (C=O) groups is 1. The van der Waals surface area contributed by atoms with E-state index in [1.54, 1.807) is 4.90 Å². The van der Waals surface area contributed by atoms with Crippen LogP contribution in [0.25, 0.3) is 0 Å². The number of benzene rings is 1. The van der Waals surface area contributed by atoms with Crippen LogP contribution in [0.1, 0.15) is 38.7 Å². The van der Waals surface area contributed by atoms with Crippen LogP contribution in [-0.4, -0.2) is 29.7 Å². The van der Waals surface area contributed by atoms with Crippen LogP contribution < -0.4 is 0 Å². The molecule has 1 aliphatic rings. The second kappa shape index (κ2) is 5.41. The average molecular weight is 282 g/mol. The Hall–Kier alpha value is -1.22. The molecule has 1 atom stereocenters. The van der Waals surface area contributed by atoms with Crippen molar-refractivity contribution in [1.82, 2.24) is 4.90 Å². The fourth-order valence-corrected chi connectivity index (χ4v) is 2.48. The van der Waals surface area contributed by atoms with Crippen LogP contribution >= 0.6 is 11.6 Å². The van der Waals surface area contributed by atoms with E-state index in [1.165, 1.54) is 5.56 Å². The molecular weight excluding hydrogens is 262 g/mol. The van der Waals surface area contributed by atoms with Crippen LogP contribution in [0, 0.1) is 0 Å². The average Bonchev–Trinajstić information content (AvgIpc) is 2.75. The zero-order chi connectivity index (χ0) is 14.0. The maximum Gasteiger partial charge on any atom is 0.410 e. The molecule has 1 amide bonds. The highest BCUT2D eigenvalue weighted by Crippen LogP contribution is 2.29. The Morgan fingerprint density at radius 3 is 2.79 bits per heavy atom. The summed E-state index contributed by atoms with van der Waals surface area (Å²) in [5, 5.41) is 0.744. The first-order valence-electron chi connectivity index (χ1n) is 6.58. The topological polar surface area (TPSA) is 29.5 Å². The summed E-state index contributed by atoms with van der Waals surface area (Å²) < 4.78 is 5.39. The highest BCUT2D eigenvalue weighted by Gasteiger charge is 2.30. The second-order valence-corrected chi connectivity index (χ2v) is 6.40. The number of halogens is 1. The molecule has 3 nitrogen and oxygen atoms in total. The lowest BCUT2D eigenvalue weighted by atomic mass is 9.99. The molecular formula is C15H20ClNO2. The van der Waals surface area contributed by atoms with Crippen LogP contribution in [0.5, 0.6) is 0 Å². The summed E-state index contributed by atoms with van der Waals surface area (Å²) in [5.74, 6) is 0.353. The first-order valence-corrected chi connectivity index (χ1v) is 6.96. The van der Waals surface area contributed by atoms with Crippen molar-refractivity contribution in [3.8, 4) is 0 Å². The summed E-state index contributed by atoms with van der Waals surface area (Å²) in [5.41, 5.74) is 0.754. The Balaban J connectivity index is 1.98. The van der Waals surface area contributed by atoms with Gasteiger partial charge in [0.15, 0.2) is 0 Å². The molecule has 1 heterocycles. The SMILES string of the molecule is CC(C)(C)OC(=O)N1CCC(c2cccc(Cl)c2)C1. The summed E-state index contributed by atoms with van der Waals surface area (Å²) >= 11 is 6.00. The minimum atomic E-state index is -0.439. The quantitative estimate of drug-likeness (QED) is 0.777. The fourth-order valence-electron chi connectivity index (χ4n) is 2.29. The Kier molecular flexibility index (Phi) is 4.04. The van der Waals surface area contributed by atoms with Crippen molar-refractivity contribution in [2.75, 3.05) is 13.1 Å². The largest absolute Gasteiger partial charge is 0.444 e. The van der Waals surface area contributed by atoms with Crippen LogP contribution in [-0.2, 0) is 4.74 Å². The highest BCUT2D eigenvalue weighted by atomic mass is 35.5. The molecule has 0 spiro atoms. The molecule has 19 heavy (non-hydrogen) atoms. The molecule has 1 unspecified atom stereocenters. The van der Waals surface area contributed by atoms with E-state index in [-0.39, 0.29) is 6.09 Å². The molecule has 1 saturated heterocycles. The first-order chi connectivity index (χ1) is 8.85. The van der Waals surface area contributed by atoms with Crippen molar-refractivity contribution in [3.05, 3.63) is 34.9 Å². The first kappa shape index (κ1) is 14.2. The molecule has 2 rings (SSSR count). The van der Waals surface area contributed by atoms with E-state index < -0.39 is 5.60 Å². The van der Waals surface area contributed by atoms with Gasteiger partial charge in [-0.05, 0) is 44.9 Å². The minimum absolute atomic E-state index is 0.225. The predicted molar refractivity (Wildman–Crippen MR) is 76.6 cm³/mol. The van der Waals surface area contributed by atoms with Gasteiger partial charge in [-0.25, -0.2) is 4.79 Å². The van der Waals surface area contributed by atoms with Gasteiger partial charge in [0, 0.05) is 24.0 Å². The Bertz CT molecular complexity index is 467. The Labute approximate surface area is 119 Å². The Morgan fingerprint density at radius 1 is 1.42 bits per heavy atom. The van der Waals surface area contributed by atoms with E-state index in [0.717, 1.165) is 18.0 Å². The lowest BCUT2D eigenvalue weighted by Gasteiger charge is -2.24. The summed E-state index contributed by atoms with van der Waals surface area (Å²) in [6.45, 7) is 7.10. The van der Waals surface area contributed by atoms with Gasteiger partial charge >= 0.3 is 6.09 Å². The van der Waals surface area contributed by atoms with Crippen molar-refractivity contribution in [3.63, 3.8) is 0 Å². The lowest BCUT2D eigenvalue weighted by Crippen LogP contribution is -2.35. The summed E-state index contributed by atoms with van der Waals surface area (Å²) in [6, 6.07) is 7.86. The number of hydrogen-bond donors (Lipinski definition) is 0. The van der Waals surface area contributed by atoms with Crippen molar-refractivity contribution in [2.24, 2.45) is 0 Å². The number of rotatable bonds is 1. The number of hydrogen-bond acceptors (Lipinski definition) is 2. The van der Waals surface area contributed by atoms with Crippen LogP contribution in [0.2, 0.25) is 5.02 Å². The third-order valence-corrected chi connectivity index (χ3v) is 3.40. The van der Waals surface area contributed by atoms with Crippen LogP contribution in [0.15, 0.2) is 24.3 Å². The molecule has 0 radical (unpaired) electrons. The molecule has 0 aromatic heterocycles. The molecule has 104 valence electrons. The maximum absolute atomic E-state index is 12.0. The lowest BCUT2D eigenvalue weighted by molar-refractivity contribution is 0.0292. The zero-order valence-electron chi connectivity index (χ0n) is 11.6. The van der Waals surface area contributed by atoms with Gasteiger partial charge in [-0.3, -0.25) is 0 Å². The summed E-state index contributed by atoms with van der Waals surface area (Å²) in [7, 11) is 0. The number of amides is 1. The van der Waals surface area contributed by atoms with Gasteiger partial charge in [0.05, 0.1) is 0 Å². The number of nitrogens with zero attached hydrogens (tertiary/aromatic N) is 1. The van der Waals surface area contributed by atoms with Gasteiger partial charge in [0.25, 0.3) is 0 Å². The van der Waals surface area contributed by atoms with Gasteiger partial charge in [-0.15, -0.1) is 0 Å². The van der Waals surface area contributed by atoms with Gasteiger partial charge in [0.2, 0.25) is 0 Å². The van der Waals surface area contributed by atoms with E-state index in [4.69, 9.17) is 16.3 Å². The van der Waals surface area contributed by atoms with Gasteiger partial charge in [0.1, 0.15) is 5.60 Å². The zero-order valence-corrected chi connectivity index (χ0v) is 12.4. The summed E-state index contributed by atoms with van der Waals surface area (Å²) in [6.07, 6.45) is 0.733. The predicted octanol–water partition coefficient (Wildman–Crippen LogP) is 4.06. The molecule has 4 heteroatoms. The summed E-state index contributed by atoms with van der Waals surface area (Å²) in [4.78, 5) is 13.8. The minimum Gasteiger partial charge on any atom is -0.444 e. The number of likely N-dealkylation sites (tertiary alicyclic amines) is 1. The molecule has 0 bridgehead atoms. The van der Waals surface area contributed by atoms with Crippen molar-refractivity contribution < 1.29 is 9.53 Å². The highest BCUT2D eigenvalue weighted by molar-refractivity contribution is 6.30. The second-order valence-electron chi connectivity index (χ2n) is 5.97. The maximum atomic E-state index is 12.0. The molecule has 1 fully saturated rings. The number of ether oxygens (including phenoxy) is 1. The number of carbonyl (C=O) groups excluding carboxylic acids is 1. The third-order valence-electron chi connectivity index (χ3n) is 3.16. The molecule has 1 aromatic carbocycles. The van der Waals surface area contributed by atoms with Gasteiger partial charge in [-0.1, -0.05) is 23.7 Å². The van der Waals surface area contributed by atoms with Crippen LogP contribution in [0.3, 0.4) is 0 Å². The third kappa shape index (κ3) is 3.87. The van der Waals surface area contributed by atoms with E-state index in [1.807, 2.05) is 39.0 Å². The van der Waals surface area contributed by atoms with Crippen molar-refractivity contribution in [1.29, 1.82) is 0 Å². The molecule has 1 aromatic rings. The van der Waals surface area contributed by atoms with E-state index >= 15 is 0 Å². The normalized spacial score (nSPS) is 19.6. The molecule has 1 aliphatic heterocycles. The Morgan fingerprint density at radius 2 is 2.16 bits per heavy atom. The molecule has 0 N–H and O–H groups in total. The van der Waals surface area contributed by atoms with Gasteiger partial charge < -0.3 is 9.64 Å².